The molecule has 1 aliphatic rings. The molecule has 1 unspecified atom stereocenters. The second kappa shape index (κ2) is 11.1. The van der Waals surface area contributed by atoms with Gasteiger partial charge in [0.1, 0.15) is 0 Å². The average molecular weight is 432 g/mol. The third-order valence-electron chi connectivity index (χ3n) is 5.28. The van der Waals surface area contributed by atoms with E-state index in [0.717, 1.165) is 25.7 Å². The molecule has 1 atom stereocenters. The van der Waals surface area contributed by atoms with E-state index in [4.69, 9.17) is 5.73 Å². The van der Waals surface area contributed by atoms with Crippen LogP contribution in [0.15, 0.2) is 29.2 Å². The van der Waals surface area contributed by atoms with Gasteiger partial charge in [-0.05, 0) is 43.4 Å². The molecule has 2 N–H and O–H groups in total. The molecule has 1 aromatic carbocycles. The highest BCUT2D eigenvalue weighted by Crippen LogP contribution is 2.21. The van der Waals surface area contributed by atoms with Gasteiger partial charge in [0.05, 0.1) is 4.90 Å². The summed E-state index contributed by atoms with van der Waals surface area (Å²) in [6, 6.07) is 6.43. The van der Waals surface area contributed by atoms with Crippen LogP contribution in [0.5, 0.6) is 0 Å². The lowest BCUT2D eigenvalue weighted by molar-refractivity contribution is 0.0789. The Balaban J connectivity index is 0.00000392. The zero-order chi connectivity index (χ0) is 20.0. The number of hydrogen-bond donors (Lipinski definition) is 1. The molecule has 0 aliphatic carbocycles. The van der Waals surface area contributed by atoms with Crippen molar-refractivity contribution < 1.29 is 13.2 Å². The Kier molecular flexibility index (Phi) is 9.90. The molecule has 0 spiro atoms. The molecule has 0 radical (unpaired) electrons. The molecule has 0 bridgehead atoms. The molecule has 0 saturated carbocycles. The van der Waals surface area contributed by atoms with E-state index in [9.17, 15) is 13.2 Å². The van der Waals surface area contributed by atoms with Gasteiger partial charge in [-0.15, -0.1) is 12.4 Å². The Labute approximate surface area is 175 Å². The van der Waals surface area contributed by atoms with E-state index >= 15 is 0 Å². The van der Waals surface area contributed by atoms with E-state index in [2.05, 4.69) is 13.8 Å². The number of carbonyl (C=O) groups is 1. The Hall–Kier alpha value is -1.15. The first-order chi connectivity index (χ1) is 12.7. The van der Waals surface area contributed by atoms with Gasteiger partial charge in [0.15, 0.2) is 0 Å². The van der Waals surface area contributed by atoms with Gasteiger partial charge < -0.3 is 10.6 Å². The number of amides is 1. The maximum Gasteiger partial charge on any atom is 0.253 e. The molecule has 1 aromatic rings. The molecule has 1 amide bonds. The maximum atomic E-state index is 13.0. The number of nitrogens with zero attached hydrogens (tertiary/aromatic N) is 2. The van der Waals surface area contributed by atoms with E-state index < -0.39 is 10.0 Å². The summed E-state index contributed by atoms with van der Waals surface area (Å²) >= 11 is 0. The lowest BCUT2D eigenvalue weighted by Gasteiger charge is -2.22. The fraction of sp³-hybridized carbons (Fsp3) is 0.650. The van der Waals surface area contributed by atoms with Crippen LogP contribution >= 0.6 is 12.4 Å². The molecule has 1 saturated heterocycles. The minimum absolute atomic E-state index is 0. The highest BCUT2D eigenvalue weighted by molar-refractivity contribution is 7.89. The Morgan fingerprint density at radius 2 is 1.79 bits per heavy atom. The normalized spacial score (nSPS) is 16.9. The highest BCUT2D eigenvalue weighted by Gasteiger charge is 2.26. The fourth-order valence-electron chi connectivity index (χ4n) is 3.22. The van der Waals surface area contributed by atoms with E-state index in [1.54, 1.807) is 34.5 Å². The summed E-state index contributed by atoms with van der Waals surface area (Å²) in [4.78, 5) is 14.5. The summed E-state index contributed by atoms with van der Waals surface area (Å²) in [7, 11) is -1.83. The SMILES string of the molecule is CC(C)C(N)CCN(C)C(=O)c1cccc(S(=O)(=O)N2CCCCCC2)c1.Cl. The minimum atomic E-state index is -3.56. The first-order valence-electron chi connectivity index (χ1n) is 9.84. The van der Waals surface area contributed by atoms with Crippen molar-refractivity contribution in [3.8, 4) is 0 Å². The first-order valence-corrected chi connectivity index (χ1v) is 11.3. The number of hydrogen-bond acceptors (Lipinski definition) is 4. The van der Waals surface area contributed by atoms with Crippen LogP contribution in [0.2, 0.25) is 0 Å². The van der Waals surface area contributed by atoms with Crippen LogP contribution in [0.3, 0.4) is 0 Å². The highest BCUT2D eigenvalue weighted by atomic mass is 35.5. The van der Waals surface area contributed by atoms with Gasteiger partial charge in [0, 0.05) is 38.3 Å². The fourth-order valence-corrected chi connectivity index (χ4v) is 4.78. The molecule has 1 heterocycles. The first kappa shape index (κ1) is 24.9. The number of halogens is 1. The lowest BCUT2D eigenvalue weighted by atomic mass is 10.0. The van der Waals surface area contributed by atoms with Gasteiger partial charge in [0.2, 0.25) is 10.0 Å². The molecule has 1 fully saturated rings. The Bertz CT molecular complexity index is 732. The van der Waals surface area contributed by atoms with Crippen LogP contribution < -0.4 is 5.73 Å². The van der Waals surface area contributed by atoms with Gasteiger partial charge in [-0.2, -0.15) is 4.31 Å². The third-order valence-corrected chi connectivity index (χ3v) is 7.18. The van der Waals surface area contributed by atoms with Gasteiger partial charge in [-0.25, -0.2) is 8.42 Å². The van der Waals surface area contributed by atoms with Gasteiger partial charge in [-0.3, -0.25) is 4.79 Å². The second-order valence-corrected chi connectivity index (χ2v) is 9.71. The third kappa shape index (κ3) is 6.44. The van der Waals surface area contributed by atoms with Crippen molar-refractivity contribution in [1.29, 1.82) is 0 Å². The quantitative estimate of drug-likeness (QED) is 0.718. The molecule has 8 heteroatoms. The van der Waals surface area contributed by atoms with Crippen molar-refractivity contribution in [3.05, 3.63) is 29.8 Å². The van der Waals surface area contributed by atoms with E-state index in [-0.39, 0.29) is 29.3 Å². The molecule has 1 aliphatic heterocycles. The molecule has 0 aromatic heterocycles. The predicted octanol–water partition coefficient (Wildman–Crippen LogP) is 3.12. The molecule has 2 rings (SSSR count). The van der Waals surface area contributed by atoms with E-state index in [1.807, 2.05) is 0 Å². The minimum Gasteiger partial charge on any atom is -0.342 e. The van der Waals surface area contributed by atoms with Crippen LogP contribution in [0.25, 0.3) is 0 Å². The van der Waals surface area contributed by atoms with Crippen molar-refractivity contribution in [3.63, 3.8) is 0 Å². The van der Waals surface area contributed by atoms with E-state index in [0.29, 0.717) is 37.5 Å². The van der Waals surface area contributed by atoms with Gasteiger partial charge in [-0.1, -0.05) is 32.8 Å². The summed E-state index contributed by atoms with van der Waals surface area (Å²) in [5.41, 5.74) is 6.45. The van der Waals surface area contributed by atoms with Crippen molar-refractivity contribution in [1.82, 2.24) is 9.21 Å². The van der Waals surface area contributed by atoms with Crippen molar-refractivity contribution in [2.75, 3.05) is 26.7 Å². The molecule has 160 valence electrons. The standard InChI is InChI=1S/C20H33N3O3S.ClH/c1-16(2)19(21)11-14-22(3)20(24)17-9-8-10-18(15-17)27(25,26)23-12-6-4-5-7-13-23;/h8-10,15-16,19H,4-7,11-14,21H2,1-3H3;1H. The second-order valence-electron chi connectivity index (χ2n) is 7.77. The number of benzene rings is 1. The summed E-state index contributed by atoms with van der Waals surface area (Å²) < 4.78 is 27.5. The summed E-state index contributed by atoms with van der Waals surface area (Å²) in [5.74, 6) is 0.175. The lowest BCUT2D eigenvalue weighted by Crippen LogP contribution is -2.35. The van der Waals surface area contributed by atoms with Crippen LogP contribution in [0.4, 0.5) is 0 Å². The maximum absolute atomic E-state index is 13.0. The van der Waals surface area contributed by atoms with Crippen LogP contribution in [0.1, 0.15) is 56.3 Å². The zero-order valence-corrected chi connectivity index (χ0v) is 18.8. The molecular formula is C20H34ClN3O3S. The van der Waals surface area contributed by atoms with Crippen molar-refractivity contribution in [2.24, 2.45) is 11.7 Å². The van der Waals surface area contributed by atoms with Gasteiger partial charge >= 0.3 is 0 Å². The summed E-state index contributed by atoms with van der Waals surface area (Å²) in [6.45, 7) is 5.76. The van der Waals surface area contributed by atoms with Gasteiger partial charge in [0.25, 0.3) is 5.91 Å². The number of rotatable bonds is 7. The Morgan fingerprint density at radius 3 is 2.36 bits per heavy atom. The summed E-state index contributed by atoms with van der Waals surface area (Å²) in [5, 5.41) is 0. The average Bonchev–Trinajstić information content (AvgIpc) is 2.95. The monoisotopic (exact) mass is 431 g/mol. The van der Waals surface area contributed by atoms with E-state index in [1.165, 1.54) is 6.07 Å². The smallest absolute Gasteiger partial charge is 0.253 e. The van der Waals surface area contributed by atoms with Crippen LogP contribution in [-0.4, -0.2) is 56.3 Å². The van der Waals surface area contributed by atoms with Crippen LogP contribution in [-0.2, 0) is 10.0 Å². The molecular weight excluding hydrogens is 398 g/mol. The number of carbonyl (C=O) groups excluding carboxylic acids is 1. The Morgan fingerprint density at radius 1 is 1.18 bits per heavy atom. The topological polar surface area (TPSA) is 83.7 Å². The van der Waals surface area contributed by atoms with Crippen LogP contribution in [0, 0.1) is 5.92 Å². The predicted molar refractivity (Wildman–Crippen MR) is 115 cm³/mol. The van der Waals surface area contributed by atoms with Crippen molar-refractivity contribution in [2.45, 2.75) is 56.9 Å². The van der Waals surface area contributed by atoms with Crippen molar-refractivity contribution >= 4 is 28.3 Å². The largest absolute Gasteiger partial charge is 0.342 e. The number of sulfonamides is 1. The number of nitrogens with two attached hydrogens (primary N) is 1. The molecule has 6 nitrogen and oxygen atoms in total. The molecule has 28 heavy (non-hydrogen) atoms. The summed E-state index contributed by atoms with van der Waals surface area (Å²) in [6.07, 6.45) is 4.61. The zero-order valence-electron chi connectivity index (χ0n) is 17.1.